The highest BCUT2D eigenvalue weighted by molar-refractivity contribution is 9.10. The normalized spacial score (nSPS) is 12.4. The highest BCUT2D eigenvalue weighted by atomic mass is 79.9. The molecule has 0 spiro atoms. The standard InChI is InChI=1S/C14H20BrFN2O/c1-13(2,14(3,4)17)12(19)18-8-9-7-10(16)5-6-11(9)15/h5-7H,8,17H2,1-4H3,(H,18,19). The van der Waals surface area contributed by atoms with Crippen LogP contribution in [-0.4, -0.2) is 11.4 Å². The fourth-order valence-electron chi connectivity index (χ4n) is 1.37. The van der Waals surface area contributed by atoms with E-state index in [1.165, 1.54) is 12.1 Å². The molecule has 0 aromatic heterocycles. The lowest BCUT2D eigenvalue weighted by Gasteiger charge is -2.36. The van der Waals surface area contributed by atoms with Crippen LogP contribution in [0, 0.1) is 11.2 Å². The van der Waals surface area contributed by atoms with Crippen molar-refractivity contribution in [1.29, 1.82) is 0 Å². The van der Waals surface area contributed by atoms with Crippen molar-refractivity contribution in [3.05, 3.63) is 34.1 Å². The van der Waals surface area contributed by atoms with Crippen LogP contribution >= 0.6 is 15.9 Å². The van der Waals surface area contributed by atoms with Crippen molar-refractivity contribution in [2.45, 2.75) is 39.8 Å². The summed E-state index contributed by atoms with van der Waals surface area (Å²) in [5.74, 6) is -0.484. The van der Waals surface area contributed by atoms with Gasteiger partial charge in [-0.15, -0.1) is 0 Å². The zero-order valence-electron chi connectivity index (χ0n) is 11.7. The number of nitrogens with one attached hydrogen (secondary N) is 1. The fraction of sp³-hybridized carbons (Fsp3) is 0.500. The van der Waals surface area contributed by atoms with Gasteiger partial charge < -0.3 is 11.1 Å². The van der Waals surface area contributed by atoms with Gasteiger partial charge in [0, 0.05) is 16.6 Å². The van der Waals surface area contributed by atoms with Gasteiger partial charge in [0.25, 0.3) is 0 Å². The molecule has 0 saturated carbocycles. The number of amides is 1. The molecule has 0 bridgehead atoms. The second-order valence-corrected chi connectivity index (χ2v) is 6.62. The van der Waals surface area contributed by atoms with E-state index in [1.54, 1.807) is 19.9 Å². The molecule has 3 nitrogen and oxygen atoms in total. The summed E-state index contributed by atoms with van der Waals surface area (Å²) in [6.45, 7) is 7.47. The minimum Gasteiger partial charge on any atom is -0.351 e. The van der Waals surface area contributed by atoms with Crippen molar-refractivity contribution in [1.82, 2.24) is 5.32 Å². The lowest BCUT2D eigenvalue weighted by atomic mass is 9.74. The number of halogens is 2. The molecular formula is C14H20BrFN2O. The Bertz CT molecular complexity index is 481. The van der Waals surface area contributed by atoms with Crippen LogP contribution in [0.5, 0.6) is 0 Å². The molecule has 5 heteroatoms. The average Bonchev–Trinajstić information content (AvgIpc) is 2.28. The van der Waals surface area contributed by atoms with Crippen LogP contribution in [0.15, 0.2) is 22.7 Å². The smallest absolute Gasteiger partial charge is 0.227 e. The van der Waals surface area contributed by atoms with E-state index in [-0.39, 0.29) is 18.3 Å². The molecule has 106 valence electrons. The molecule has 0 fully saturated rings. The molecule has 1 amide bonds. The third kappa shape index (κ3) is 3.76. The lowest BCUT2D eigenvalue weighted by Crippen LogP contribution is -2.55. The van der Waals surface area contributed by atoms with Gasteiger partial charge in [0.05, 0.1) is 5.41 Å². The maximum atomic E-state index is 13.1. The Kier molecular flexibility index (Phi) is 4.74. The zero-order valence-corrected chi connectivity index (χ0v) is 13.3. The van der Waals surface area contributed by atoms with E-state index in [0.29, 0.717) is 5.56 Å². The van der Waals surface area contributed by atoms with Crippen molar-refractivity contribution < 1.29 is 9.18 Å². The summed E-state index contributed by atoms with van der Waals surface area (Å²) in [7, 11) is 0. The highest BCUT2D eigenvalue weighted by Crippen LogP contribution is 2.28. The van der Waals surface area contributed by atoms with E-state index in [1.807, 2.05) is 13.8 Å². The molecule has 0 aliphatic carbocycles. The van der Waals surface area contributed by atoms with Gasteiger partial charge in [0.1, 0.15) is 5.82 Å². The summed E-state index contributed by atoms with van der Waals surface area (Å²) in [5.41, 5.74) is 5.34. The van der Waals surface area contributed by atoms with Crippen LogP contribution in [0.25, 0.3) is 0 Å². The predicted octanol–water partition coefficient (Wildman–Crippen LogP) is 2.97. The number of hydrogen-bond donors (Lipinski definition) is 2. The van der Waals surface area contributed by atoms with Crippen molar-refractivity contribution in [3.63, 3.8) is 0 Å². The van der Waals surface area contributed by atoms with E-state index < -0.39 is 11.0 Å². The quantitative estimate of drug-likeness (QED) is 0.891. The van der Waals surface area contributed by atoms with Crippen molar-refractivity contribution in [2.75, 3.05) is 0 Å². The topological polar surface area (TPSA) is 55.1 Å². The van der Waals surface area contributed by atoms with E-state index >= 15 is 0 Å². The molecule has 0 saturated heterocycles. The Morgan fingerprint density at radius 2 is 1.95 bits per heavy atom. The molecule has 3 N–H and O–H groups in total. The van der Waals surface area contributed by atoms with E-state index in [2.05, 4.69) is 21.2 Å². The number of nitrogens with two attached hydrogens (primary N) is 1. The summed E-state index contributed by atoms with van der Waals surface area (Å²) in [6, 6.07) is 4.38. The van der Waals surface area contributed by atoms with Crippen LogP contribution in [-0.2, 0) is 11.3 Å². The Morgan fingerprint density at radius 1 is 1.37 bits per heavy atom. The second kappa shape index (κ2) is 5.59. The average molecular weight is 331 g/mol. The fourth-order valence-corrected chi connectivity index (χ4v) is 1.75. The minimum atomic E-state index is -0.715. The molecule has 1 aromatic rings. The molecule has 0 atom stereocenters. The predicted molar refractivity (Wildman–Crippen MR) is 78.0 cm³/mol. The largest absolute Gasteiger partial charge is 0.351 e. The van der Waals surface area contributed by atoms with Crippen molar-refractivity contribution >= 4 is 21.8 Å². The Balaban J connectivity index is 2.77. The molecule has 1 rings (SSSR count). The summed E-state index contributed by atoms with van der Waals surface area (Å²) >= 11 is 3.33. The number of benzene rings is 1. The van der Waals surface area contributed by atoms with Crippen LogP contribution in [0.3, 0.4) is 0 Å². The summed E-state index contributed by atoms with van der Waals surface area (Å²) in [5, 5.41) is 2.80. The number of carbonyl (C=O) groups excluding carboxylic acids is 1. The first-order valence-electron chi connectivity index (χ1n) is 6.07. The van der Waals surface area contributed by atoms with Crippen LogP contribution < -0.4 is 11.1 Å². The SMILES string of the molecule is CC(C)(N)C(C)(C)C(=O)NCc1cc(F)ccc1Br. The van der Waals surface area contributed by atoms with Gasteiger partial charge in [0.2, 0.25) is 5.91 Å². The molecule has 0 aliphatic heterocycles. The molecule has 19 heavy (non-hydrogen) atoms. The van der Waals surface area contributed by atoms with E-state index in [0.717, 1.165) is 4.47 Å². The van der Waals surface area contributed by atoms with Gasteiger partial charge in [-0.1, -0.05) is 15.9 Å². The van der Waals surface area contributed by atoms with Gasteiger partial charge in [-0.2, -0.15) is 0 Å². The highest BCUT2D eigenvalue weighted by Gasteiger charge is 2.40. The molecule has 0 aliphatic rings. The first-order valence-corrected chi connectivity index (χ1v) is 6.86. The molecule has 0 unspecified atom stereocenters. The zero-order chi connectivity index (χ0) is 14.8. The van der Waals surface area contributed by atoms with Crippen molar-refractivity contribution in [3.8, 4) is 0 Å². The van der Waals surface area contributed by atoms with Gasteiger partial charge in [-0.3, -0.25) is 4.79 Å². The second-order valence-electron chi connectivity index (χ2n) is 5.77. The molecule has 0 heterocycles. The minimum absolute atomic E-state index is 0.156. The Labute approximate surface area is 121 Å². The number of hydrogen-bond acceptors (Lipinski definition) is 2. The summed E-state index contributed by atoms with van der Waals surface area (Å²) in [6.07, 6.45) is 0. The van der Waals surface area contributed by atoms with Crippen molar-refractivity contribution in [2.24, 2.45) is 11.1 Å². The van der Waals surface area contributed by atoms with Crippen LogP contribution in [0.2, 0.25) is 0 Å². The van der Waals surface area contributed by atoms with E-state index in [9.17, 15) is 9.18 Å². The number of rotatable bonds is 4. The van der Waals surface area contributed by atoms with Crippen LogP contribution in [0.4, 0.5) is 4.39 Å². The first kappa shape index (κ1) is 16.1. The Morgan fingerprint density at radius 3 is 2.47 bits per heavy atom. The third-order valence-electron chi connectivity index (χ3n) is 3.63. The third-order valence-corrected chi connectivity index (χ3v) is 4.40. The monoisotopic (exact) mass is 330 g/mol. The lowest BCUT2D eigenvalue weighted by molar-refractivity contribution is -0.132. The van der Waals surface area contributed by atoms with E-state index in [4.69, 9.17) is 5.73 Å². The Hall–Kier alpha value is -0.940. The molecular weight excluding hydrogens is 311 g/mol. The summed E-state index contributed by atoms with van der Waals surface area (Å²) < 4.78 is 13.9. The maximum absolute atomic E-state index is 13.1. The van der Waals surface area contributed by atoms with Crippen LogP contribution in [0.1, 0.15) is 33.3 Å². The van der Waals surface area contributed by atoms with Gasteiger partial charge >= 0.3 is 0 Å². The van der Waals surface area contributed by atoms with Gasteiger partial charge in [-0.25, -0.2) is 4.39 Å². The first-order chi connectivity index (χ1) is 8.55. The number of carbonyl (C=O) groups is 1. The molecule has 1 aromatic carbocycles. The maximum Gasteiger partial charge on any atom is 0.227 e. The summed E-state index contributed by atoms with van der Waals surface area (Å²) in [4.78, 5) is 12.2. The van der Waals surface area contributed by atoms with Gasteiger partial charge in [-0.05, 0) is 51.5 Å². The molecule has 0 radical (unpaired) electrons. The van der Waals surface area contributed by atoms with Gasteiger partial charge in [0.15, 0.2) is 0 Å².